The fraction of sp³-hybridized carbons (Fsp3) is 0.385. The van der Waals surface area contributed by atoms with Crippen molar-refractivity contribution in [1.29, 1.82) is 0 Å². The summed E-state index contributed by atoms with van der Waals surface area (Å²) >= 11 is 1.38. The minimum Gasteiger partial charge on any atom is -0.396 e. The number of fused-ring (bicyclic) bond motifs is 1. The number of ether oxygens (including phenoxy) is 1. The molecule has 3 heterocycles. The third kappa shape index (κ3) is 2.17. The molecule has 0 bridgehead atoms. The van der Waals surface area contributed by atoms with Gasteiger partial charge in [-0.15, -0.1) is 11.3 Å². The van der Waals surface area contributed by atoms with Crippen molar-refractivity contribution in [2.45, 2.75) is 25.5 Å². The van der Waals surface area contributed by atoms with E-state index in [-0.39, 0.29) is 18.1 Å². The van der Waals surface area contributed by atoms with E-state index in [1.54, 1.807) is 6.20 Å². The lowest BCUT2D eigenvalue weighted by Crippen LogP contribution is -2.39. The Morgan fingerprint density at radius 1 is 1.63 bits per heavy atom. The molecule has 6 heteroatoms. The van der Waals surface area contributed by atoms with Crippen LogP contribution in [0.5, 0.6) is 0 Å². The van der Waals surface area contributed by atoms with E-state index in [0.29, 0.717) is 22.7 Å². The van der Waals surface area contributed by atoms with Crippen LogP contribution in [0.15, 0.2) is 18.3 Å². The average molecular weight is 277 g/mol. The van der Waals surface area contributed by atoms with Crippen LogP contribution in [-0.4, -0.2) is 29.6 Å². The topological polar surface area (TPSA) is 77.2 Å². The lowest BCUT2D eigenvalue weighted by molar-refractivity contribution is 0.0870. The van der Waals surface area contributed by atoms with Gasteiger partial charge in [0, 0.05) is 12.8 Å². The first-order chi connectivity index (χ1) is 9.16. The van der Waals surface area contributed by atoms with Gasteiger partial charge in [-0.05, 0) is 25.5 Å². The van der Waals surface area contributed by atoms with E-state index < -0.39 is 0 Å². The first-order valence-corrected chi connectivity index (χ1v) is 7.04. The summed E-state index contributed by atoms with van der Waals surface area (Å²) in [6, 6.07) is 3.82. The minimum absolute atomic E-state index is 0.0534. The number of nitrogens with zero attached hydrogens (tertiary/aromatic N) is 1. The molecule has 3 N–H and O–H groups in total. The molecule has 2 atom stereocenters. The largest absolute Gasteiger partial charge is 0.396 e. The number of hydrogen-bond donors (Lipinski definition) is 2. The van der Waals surface area contributed by atoms with Crippen molar-refractivity contribution >= 4 is 33.1 Å². The van der Waals surface area contributed by atoms with Gasteiger partial charge in [0.2, 0.25) is 0 Å². The highest BCUT2D eigenvalue weighted by Crippen LogP contribution is 2.32. The summed E-state index contributed by atoms with van der Waals surface area (Å²) in [5.41, 5.74) is 7.17. The third-order valence-corrected chi connectivity index (χ3v) is 4.54. The van der Waals surface area contributed by atoms with Crippen molar-refractivity contribution in [1.82, 2.24) is 10.3 Å². The van der Waals surface area contributed by atoms with Gasteiger partial charge in [0.15, 0.2) is 0 Å². The maximum absolute atomic E-state index is 12.3. The normalized spacial score (nSPS) is 22.8. The zero-order valence-corrected chi connectivity index (χ0v) is 11.4. The van der Waals surface area contributed by atoms with Crippen molar-refractivity contribution in [2.24, 2.45) is 0 Å². The number of thiophene rings is 1. The van der Waals surface area contributed by atoms with Gasteiger partial charge in [-0.2, -0.15) is 0 Å². The van der Waals surface area contributed by atoms with Crippen LogP contribution >= 0.6 is 11.3 Å². The van der Waals surface area contributed by atoms with Gasteiger partial charge in [0.05, 0.1) is 22.5 Å². The molecule has 0 aliphatic carbocycles. The Hall–Kier alpha value is -1.66. The molecular formula is C13H15N3O2S. The third-order valence-electron chi connectivity index (χ3n) is 3.38. The smallest absolute Gasteiger partial charge is 0.263 e. The second-order valence-corrected chi connectivity index (χ2v) is 5.69. The van der Waals surface area contributed by atoms with Gasteiger partial charge in [-0.1, -0.05) is 0 Å². The fourth-order valence-electron chi connectivity index (χ4n) is 2.27. The first kappa shape index (κ1) is 12.4. The zero-order chi connectivity index (χ0) is 13.4. The van der Waals surface area contributed by atoms with E-state index in [2.05, 4.69) is 10.3 Å². The molecular weight excluding hydrogens is 262 g/mol. The van der Waals surface area contributed by atoms with Gasteiger partial charge in [-0.25, -0.2) is 0 Å². The molecule has 2 unspecified atom stereocenters. The number of anilines is 1. The van der Waals surface area contributed by atoms with E-state index in [0.717, 1.165) is 11.1 Å². The Balaban J connectivity index is 1.87. The highest BCUT2D eigenvalue weighted by molar-refractivity contribution is 7.21. The van der Waals surface area contributed by atoms with Crippen molar-refractivity contribution in [3.63, 3.8) is 0 Å². The number of carbonyl (C=O) groups is 1. The Morgan fingerprint density at radius 3 is 3.16 bits per heavy atom. The molecule has 3 rings (SSSR count). The Morgan fingerprint density at radius 2 is 2.47 bits per heavy atom. The molecule has 1 aliphatic heterocycles. The molecule has 1 fully saturated rings. The van der Waals surface area contributed by atoms with E-state index in [4.69, 9.17) is 10.5 Å². The standard InChI is InChI=1S/C13H15N3O2S/c1-7-8(4-6-18-7)16-13(17)12-10(14)11-9(19-12)3-2-5-15-11/h2-3,5,7-8H,4,6,14H2,1H3,(H,16,17). The van der Waals surface area contributed by atoms with Crippen LogP contribution in [0.4, 0.5) is 5.69 Å². The zero-order valence-electron chi connectivity index (χ0n) is 10.6. The Kier molecular flexibility index (Phi) is 3.12. The van der Waals surface area contributed by atoms with Crippen molar-refractivity contribution in [3.05, 3.63) is 23.2 Å². The van der Waals surface area contributed by atoms with Gasteiger partial charge < -0.3 is 15.8 Å². The Labute approximate surface area is 114 Å². The van der Waals surface area contributed by atoms with Crippen LogP contribution in [0.1, 0.15) is 23.0 Å². The number of nitrogens with two attached hydrogens (primary N) is 1. The number of carbonyl (C=O) groups excluding carboxylic acids is 1. The summed E-state index contributed by atoms with van der Waals surface area (Å²) < 4.78 is 6.37. The number of nitrogens with one attached hydrogen (secondary N) is 1. The molecule has 0 radical (unpaired) electrons. The molecule has 0 saturated carbocycles. The number of amides is 1. The predicted octanol–water partition coefficient (Wildman–Crippen LogP) is 1.79. The summed E-state index contributed by atoms with van der Waals surface area (Å²) in [4.78, 5) is 17.0. The molecule has 1 aliphatic rings. The SMILES string of the molecule is CC1OCCC1NC(=O)c1sc2cccnc2c1N. The van der Waals surface area contributed by atoms with Crippen LogP contribution in [0.25, 0.3) is 10.2 Å². The summed E-state index contributed by atoms with van der Waals surface area (Å²) in [6.45, 7) is 2.66. The molecule has 2 aromatic heterocycles. The molecule has 2 aromatic rings. The van der Waals surface area contributed by atoms with Gasteiger partial charge in [0.25, 0.3) is 5.91 Å². The Bertz CT molecular complexity index is 625. The van der Waals surface area contributed by atoms with E-state index >= 15 is 0 Å². The van der Waals surface area contributed by atoms with Crippen molar-refractivity contribution < 1.29 is 9.53 Å². The molecule has 19 heavy (non-hydrogen) atoms. The summed E-state index contributed by atoms with van der Waals surface area (Å²) in [5.74, 6) is -0.136. The fourth-order valence-corrected chi connectivity index (χ4v) is 3.26. The van der Waals surface area contributed by atoms with Gasteiger partial charge >= 0.3 is 0 Å². The average Bonchev–Trinajstić information content (AvgIpc) is 2.95. The summed E-state index contributed by atoms with van der Waals surface area (Å²) in [6.07, 6.45) is 2.58. The van der Waals surface area contributed by atoms with Crippen LogP contribution in [0, 0.1) is 0 Å². The van der Waals surface area contributed by atoms with Gasteiger partial charge in [0.1, 0.15) is 10.4 Å². The first-order valence-electron chi connectivity index (χ1n) is 6.22. The molecule has 0 spiro atoms. The highest BCUT2D eigenvalue weighted by Gasteiger charge is 2.27. The van der Waals surface area contributed by atoms with E-state index in [1.165, 1.54) is 11.3 Å². The second kappa shape index (κ2) is 4.79. The lowest BCUT2D eigenvalue weighted by Gasteiger charge is -2.15. The highest BCUT2D eigenvalue weighted by atomic mass is 32.1. The maximum Gasteiger partial charge on any atom is 0.263 e. The quantitative estimate of drug-likeness (QED) is 0.877. The minimum atomic E-state index is -0.136. The van der Waals surface area contributed by atoms with E-state index in [9.17, 15) is 4.79 Å². The second-order valence-electron chi connectivity index (χ2n) is 4.64. The molecule has 1 amide bonds. The van der Waals surface area contributed by atoms with E-state index in [1.807, 2.05) is 19.1 Å². The van der Waals surface area contributed by atoms with Crippen LogP contribution < -0.4 is 11.1 Å². The maximum atomic E-state index is 12.3. The molecule has 100 valence electrons. The molecule has 5 nitrogen and oxygen atoms in total. The predicted molar refractivity (Wildman–Crippen MR) is 75.3 cm³/mol. The van der Waals surface area contributed by atoms with Crippen LogP contribution in [-0.2, 0) is 4.74 Å². The van der Waals surface area contributed by atoms with Crippen molar-refractivity contribution in [2.75, 3.05) is 12.3 Å². The lowest BCUT2D eigenvalue weighted by atomic mass is 10.1. The van der Waals surface area contributed by atoms with Crippen LogP contribution in [0.3, 0.4) is 0 Å². The summed E-state index contributed by atoms with van der Waals surface area (Å²) in [5, 5.41) is 2.99. The number of pyridine rings is 1. The number of nitrogen functional groups attached to an aromatic ring is 1. The van der Waals surface area contributed by atoms with Gasteiger partial charge in [-0.3, -0.25) is 9.78 Å². The molecule has 0 aromatic carbocycles. The van der Waals surface area contributed by atoms with Crippen LogP contribution in [0.2, 0.25) is 0 Å². The summed E-state index contributed by atoms with van der Waals surface area (Å²) in [7, 11) is 0. The number of aromatic nitrogens is 1. The monoisotopic (exact) mass is 277 g/mol. The molecule has 1 saturated heterocycles. The number of hydrogen-bond acceptors (Lipinski definition) is 5. The van der Waals surface area contributed by atoms with Crippen molar-refractivity contribution in [3.8, 4) is 0 Å². The number of rotatable bonds is 2.